The fourth-order valence-electron chi connectivity index (χ4n) is 2.56. The summed E-state index contributed by atoms with van der Waals surface area (Å²) in [4.78, 5) is 25.3. The van der Waals surface area contributed by atoms with Gasteiger partial charge in [0.1, 0.15) is 0 Å². The first kappa shape index (κ1) is 15.6. The van der Waals surface area contributed by atoms with Crippen LogP contribution in [0.25, 0.3) is 5.57 Å². The van der Waals surface area contributed by atoms with Gasteiger partial charge in [-0.15, -0.1) is 0 Å². The Balaban J connectivity index is 1.86. The van der Waals surface area contributed by atoms with Crippen LogP contribution in [0.4, 0.5) is 4.79 Å². The maximum atomic E-state index is 12.3. The molecule has 0 spiro atoms. The van der Waals surface area contributed by atoms with Crippen LogP contribution in [-0.4, -0.2) is 28.3 Å². The van der Waals surface area contributed by atoms with Gasteiger partial charge in [-0.25, -0.2) is 0 Å². The Morgan fingerprint density at radius 3 is 2.04 bits per heavy atom. The lowest BCUT2D eigenvalue weighted by atomic mass is 9.97. The molecular weight excluding hydrogens is 306 g/mol. The fourth-order valence-corrected chi connectivity index (χ4v) is 3.35. The molecule has 0 N–H and O–H groups in total. The van der Waals surface area contributed by atoms with Crippen LogP contribution in [0.2, 0.25) is 0 Å². The van der Waals surface area contributed by atoms with Crippen molar-refractivity contribution in [1.82, 2.24) is 4.90 Å². The molecule has 2 aromatic rings. The molecule has 0 aromatic heterocycles. The summed E-state index contributed by atoms with van der Waals surface area (Å²) in [7, 11) is 0. The largest absolute Gasteiger partial charge is 0.288 e. The summed E-state index contributed by atoms with van der Waals surface area (Å²) < 4.78 is 0. The van der Waals surface area contributed by atoms with Crippen molar-refractivity contribution in [2.24, 2.45) is 0 Å². The second-order valence-electron chi connectivity index (χ2n) is 5.21. The molecule has 0 radical (unpaired) electrons. The number of hydrogen-bond acceptors (Lipinski definition) is 3. The third-order valence-corrected chi connectivity index (χ3v) is 4.57. The van der Waals surface area contributed by atoms with Gasteiger partial charge in [-0.3, -0.25) is 14.5 Å². The average molecular weight is 323 g/mol. The lowest BCUT2D eigenvalue weighted by Crippen LogP contribution is -2.30. The number of amides is 2. The number of rotatable bonds is 4. The highest BCUT2D eigenvalue weighted by Crippen LogP contribution is 2.25. The lowest BCUT2D eigenvalue weighted by Gasteiger charge is -2.12. The third-order valence-electron chi connectivity index (χ3n) is 3.71. The fraction of sp³-hybridized carbons (Fsp3) is 0.158. The van der Waals surface area contributed by atoms with E-state index in [9.17, 15) is 9.59 Å². The number of nitrogens with zero attached hydrogens (tertiary/aromatic N) is 1. The van der Waals surface area contributed by atoms with Gasteiger partial charge in [-0.1, -0.05) is 78.5 Å². The Bertz CT molecular complexity index is 684. The average Bonchev–Trinajstić information content (AvgIpc) is 3.03. The molecule has 2 amide bonds. The van der Waals surface area contributed by atoms with Crippen LogP contribution in [0.3, 0.4) is 0 Å². The SMILES string of the molecule is O=C(CC=C(c1ccccc1)c1ccccc1)N1CCSC1=O. The number of imide groups is 1. The highest BCUT2D eigenvalue weighted by atomic mass is 32.2. The van der Waals surface area contributed by atoms with Gasteiger partial charge in [0, 0.05) is 18.7 Å². The molecule has 116 valence electrons. The van der Waals surface area contributed by atoms with Crippen molar-refractivity contribution in [3.8, 4) is 0 Å². The van der Waals surface area contributed by atoms with Crippen molar-refractivity contribution in [2.75, 3.05) is 12.3 Å². The topological polar surface area (TPSA) is 37.4 Å². The van der Waals surface area contributed by atoms with E-state index in [0.717, 1.165) is 16.7 Å². The van der Waals surface area contributed by atoms with Crippen LogP contribution < -0.4 is 0 Å². The van der Waals surface area contributed by atoms with Crippen molar-refractivity contribution in [2.45, 2.75) is 6.42 Å². The maximum absolute atomic E-state index is 12.3. The van der Waals surface area contributed by atoms with Crippen molar-refractivity contribution in [3.05, 3.63) is 77.9 Å². The van der Waals surface area contributed by atoms with Crippen molar-refractivity contribution in [1.29, 1.82) is 0 Å². The van der Waals surface area contributed by atoms with Gasteiger partial charge in [-0.2, -0.15) is 0 Å². The molecule has 1 saturated heterocycles. The number of thioether (sulfide) groups is 1. The summed E-state index contributed by atoms with van der Waals surface area (Å²) in [5, 5.41) is -0.135. The van der Waals surface area contributed by atoms with Crippen LogP contribution in [0, 0.1) is 0 Å². The Morgan fingerprint density at radius 1 is 1.00 bits per heavy atom. The minimum absolute atomic E-state index is 0.135. The summed E-state index contributed by atoms with van der Waals surface area (Å²) in [5.74, 6) is 0.558. The molecule has 0 atom stereocenters. The van der Waals surface area contributed by atoms with Gasteiger partial charge in [0.15, 0.2) is 0 Å². The second kappa shape index (κ2) is 7.29. The van der Waals surface area contributed by atoms with E-state index >= 15 is 0 Å². The molecule has 1 fully saturated rings. The normalized spacial score (nSPS) is 13.9. The summed E-state index contributed by atoms with van der Waals surface area (Å²) in [6.07, 6.45) is 2.15. The molecule has 1 aliphatic rings. The maximum Gasteiger partial charge on any atom is 0.288 e. The zero-order valence-corrected chi connectivity index (χ0v) is 13.5. The minimum Gasteiger partial charge on any atom is -0.274 e. The van der Waals surface area contributed by atoms with E-state index in [1.165, 1.54) is 16.7 Å². The quantitative estimate of drug-likeness (QED) is 0.846. The summed E-state index contributed by atoms with van der Waals surface area (Å²) in [6.45, 7) is 0.516. The molecule has 0 saturated carbocycles. The molecule has 1 heterocycles. The predicted molar refractivity (Wildman–Crippen MR) is 94.1 cm³/mol. The molecule has 1 aliphatic heterocycles. The van der Waals surface area contributed by atoms with Gasteiger partial charge >= 0.3 is 0 Å². The first-order chi connectivity index (χ1) is 11.3. The predicted octanol–water partition coefficient (Wildman–Crippen LogP) is 4.20. The van der Waals surface area contributed by atoms with Crippen LogP contribution in [0.15, 0.2) is 66.7 Å². The number of carbonyl (C=O) groups excluding carboxylic acids is 2. The first-order valence-electron chi connectivity index (χ1n) is 7.54. The molecule has 0 aliphatic carbocycles. The van der Waals surface area contributed by atoms with Crippen LogP contribution in [0.5, 0.6) is 0 Å². The Labute approximate surface area is 140 Å². The van der Waals surface area contributed by atoms with E-state index in [2.05, 4.69) is 0 Å². The summed E-state index contributed by atoms with van der Waals surface area (Å²) in [6, 6.07) is 20.0. The van der Waals surface area contributed by atoms with E-state index in [-0.39, 0.29) is 17.6 Å². The van der Waals surface area contributed by atoms with Crippen molar-refractivity contribution < 1.29 is 9.59 Å². The molecular formula is C19H17NO2S. The van der Waals surface area contributed by atoms with Gasteiger partial charge in [-0.05, 0) is 16.7 Å². The van der Waals surface area contributed by atoms with E-state index in [1.54, 1.807) is 0 Å². The van der Waals surface area contributed by atoms with Crippen LogP contribution >= 0.6 is 11.8 Å². The third kappa shape index (κ3) is 3.71. The van der Waals surface area contributed by atoms with Gasteiger partial charge in [0.25, 0.3) is 5.24 Å². The van der Waals surface area contributed by atoms with Gasteiger partial charge in [0.05, 0.1) is 0 Å². The Morgan fingerprint density at radius 2 is 1.57 bits per heavy atom. The minimum atomic E-state index is -0.135. The zero-order chi connectivity index (χ0) is 16.1. The summed E-state index contributed by atoms with van der Waals surface area (Å²) in [5.41, 5.74) is 3.14. The van der Waals surface area contributed by atoms with Crippen LogP contribution in [0.1, 0.15) is 17.5 Å². The van der Waals surface area contributed by atoms with Gasteiger partial charge < -0.3 is 0 Å². The zero-order valence-electron chi connectivity index (χ0n) is 12.6. The molecule has 0 unspecified atom stereocenters. The van der Waals surface area contributed by atoms with Gasteiger partial charge in [0.2, 0.25) is 5.91 Å². The Kier molecular flexibility index (Phi) is 4.93. The lowest BCUT2D eigenvalue weighted by molar-refractivity contribution is -0.126. The summed E-state index contributed by atoms with van der Waals surface area (Å²) >= 11 is 1.21. The van der Waals surface area contributed by atoms with E-state index in [4.69, 9.17) is 0 Å². The first-order valence-corrected chi connectivity index (χ1v) is 8.52. The molecule has 2 aromatic carbocycles. The molecule has 3 nitrogen and oxygen atoms in total. The number of benzene rings is 2. The van der Waals surface area contributed by atoms with E-state index in [0.29, 0.717) is 12.3 Å². The van der Waals surface area contributed by atoms with E-state index in [1.807, 2.05) is 66.7 Å². The van der Waals surface area contributed by atoms with Crippen molar-refractivity contribution in [3.63, 3.8) is 0 Å². The highest BCUT2D eigenvalue weighted by Gasteiger charge is 2.26. The van der Waals surface area contributed by atoms with Crippen molar-refractivity contribution >= 4 is 28.5 Å². The molecule has 23 heavy (non-hydrogen) atoms. The molecule has 3 rings (SSSR count). The standard InChI is InChI=1S/C19H17NO2S/c21-18(20-13-14-23-19(20)22)12-11-17(15-7-3-1-4-8-15)16-9-5-2-6-10-16/h1-11H,12-14H2. The van der Waals surface area contributed by atoms with Crippen LogP contribution in [-0.2, 0) is 4.79 Å². The smallest absolute Gasteiger partial charge is 0.274 e. The Hall–Kier alpha value is -2.33. The monoisotopic (exact) mass is 323 g/mol. The molecule has 0 bridgehead atoms. The molecule has 4 heteroatoms. The second-order valence-corrected chi connectivity index (χ2v) is 6.26. The highest BCUT2D eigenvalue weighted by molar-refractivity contribution is 8.13. The van der Waals surface area contributed by atoms with E-state index < -0.39 is 0 Å². The number of carbonyl (C=O) groups is 2. The number of hydrogen-bond donors (Lipinski definition) is 0.